The standard InChI is InChI=1S/C11H20N2O3/c1-3-4-5-7-12-11(16)13-8-6-9(2)10(14)15/h3-4,9H,5-8H2,1-2H3,(H,14,15)(H2,12,13,16)/b4-3+. The number of carbonyl (C=O) groups excluding carboxylic acids is 1. The Morgan fingerprint density at radius 3 is 2.50 bits per heavy atom. The molecule has 3 N–H and O–H groups in total. The Kier molecular flexibility index (Phi) is 7.93. The minimum absolute atomic E-state index is 0.248. The lowest BCUT2D eigenvalue weighted by atomic mass is 10.1. The van der Waals surface area contributed by atoms with E-state index in [1.165, 1.54) is 0 Å². The molecule has 0 fully saturated rings. The molecule has 0 aromatic rings. The minimum atomic E-state index is -0.838. The van der Waals surface area contributed by atoms with E-state index >= 15 is 0 Å². The molecule has 1 atom stereocenters. The molecular formula is C11H20N2O3. The molecule has 0 radical (unpaired) electrons. The van der Waals surface area contributed by atoms with Gasteiger partial charge >= 0.3 is 12.0 Å². The Bertz CT molecular complexity index is 252. The van der Waals surface area contributed by atoms with E-state index in [1.54, 1.807) is 6.92 Å². The summed E-state index contributed by atoms with van der Waals surface area (Å²) in [6, 6.07) is -0.248. The molecule has 5 heteroatoms. The molecule has 0 heterocycles. The SMILES string of the molecule is C/C=C/CCNC(=O)NCCC(C)C(=O)O. The van der Waals surface area contributed by atoms with Gasteiger partial charge in [-0.3, -0.25) is 4.79 Å². The molecule has 0 bridgehead atoms. The number of hydrogen-bond acceptors (Lipinski definition) is 2. The highest BCUT2D eigenvalue weighted by molar-refractivity contribution is 5.74. The van der Waals surface area contributed by atoms with Gasteiger partial charge in [-0.05, 0) is 19.8 Å². The maximum absolute atomic E-state index is 11.2. The zero-order valence-corrected chi connectivity index (χ0v) is 9.82. The van der Waals surface area contributed by atoms with Crippen LogP contribution in [0.25, 0.3) is 0 Å². The highest BCUT2D eigenvalue weighted by Crippen LogP contribution is 1.99. The van der Waals surface area contributed by atoms with Gasteiger partial charge in [-0.2, -0.15) is 0 Å². The Labute approximate surface area is 95.9 Å². The summed E-state index contributed by atoms with van der Waals surface area (Å²) in [7, 11) is 0. The molecular weight excluding hydrogens is 208 g/mol. The predicted molar refractivity (Wildman–Crippen MR) is 62.2 cm³/mol. The lowest BCUT2D eigenvalue weighted by Crippen LogP contribution is -2.37. The first-order valence-electron chi connectivity index (χ1n) is 5.43. The van der Waals surface area contributed by atoms with Crippen LogP contribution in [0.5, 0.6) is 0 Å². The van der Waals surface area contributed by atoms with E-state index in [0.717, 1.165) is 6.42 Å². The summed E-state index contributed by atoms with van der Waals surface area (Å²) < 4.78 is 0. The third kappa shape index (κ3) is 7.84. The smallest absolute Gasteiger partial charge is 0.314 e. The summed E-state index contributed by atoms with van der Waals surface area (Å²) in [6.45, 7) is 4.51. The molecule has 0 rings (SSSR count). The first kappa shape index (κ1) is 14.5. The van der Waals surface area contributed by atoms with E-state index in [2.05, 4.69) is 10.6 Å². The Morgan fingerprint density at radius 1 is 1.31 bits per heavy atom. The average Bonchev–Trinajstić information content (AvgIpc) is 2.24. The fourth-order valence-electron chi connectivity index (χ4n) is 1.02. The van der Waals surface area contributed by atoms with E-state index in [1.807, 2.05) is 19.1 Å². The number of carbonyl (C=O) groups is 2. The number of allylic oxidation sites excluding steroid dienone is 1. The quantitative estimate of drug-likeness (QED) is 0.455. The van der Waals surface area contributed by atoms with Crippen molar-refractivity contribution >= 4 is 12.0 Å². The van der Waals surface area contributed by atoms with Crippen molar-refractivity contribution in [3.8, 4) is 0 Å². The van der Waals surface area contributed by atoms with Crippen LogP contribution in [0.4, 0.5) is 4.79 Å². The van der Waals surface area contributed by atoms with Gasteiger partial charge in [0, 0.05) is 13.1 Å². The van der Waals surface area contributed by atoms with Crippen molar-refractivity contribution in [1.82, 2.24) is 10.6 Å². The van der Waals surface area contributed by atoms with Crippen LogP contribution in [0, 0.1) is 5.92 Å². The van der Waals surface area contributed by atoms with Crippen LogP contribution in [0.3, 0.4) is 0 Å². The van der Waals surface area contributed by atoms with Gasteiger partial charge in [0.05, 0.1) is 5.92 Å². The molecule has 92 valence electrons. The van der Waals surface area contributed by atoms with Crippen molar-refractivity contribution in [2.24, 2.45) is 5.92 Å². The first-order valence-corrected chi connectivity index (χ1v) is 5.43. The lowest BCUT2D eigenvalue weighted by Gasteiger charge is -2.08. The van der Waals surface area contributed by atoms with E-state index in [0.29, 0.717) is 19.5 Å². The average molecular weight is 228 g/mol. The highest BCUT2D eigenvalue weighted by atomic mass is 16.4. The number of nitrogens with one attached hydrogen (secondary N) is 2. The van der Waals surface area contributed by atoms with E-state index < -0.39 is 11.9 Å². The van der Waals surface area contributed by atoms with Crippen LogP contribution in [-0.2, 0) is 4.79 Å². The van der Waals surface area contributed by atoms with Crippen LogP contribution in [0.1, 0.15) is 26.7 Å². The molecule has 16 heavy (non-hydrogen) atoms. The number of hydrogen-bond donors (Lipinski definition) is 3. The van der Waals surface area contributed by atoms with Crippen molar-refractivity contribution in [3.63, 3.8) is 0 Å². The molecule has 0 saturated carbocycles. The number of carboxylic acids is 1. The first-order chi connectivity index (χ1) is 7.57. The predicted octanol–water partition coefficient (Wildman–Crippen LogP) is 1.36. The molecule has 0 aromatic carbocycles. The van der Waals surface area contributed by atoms with Gasteiger partial charge < -0.3 is 15.7 Å². The summed E-state index contributed by atoms with van der Waals surface area (Å²) in [5.74, 6) is -1.27. The Balaban J connectivity index is 3.47. The second kappa shape index (κ2) is 8.76. The fraction of sp³-hybridized carbons (Fsp3) is 0.636. The summed E-state index contributed by atoms with van der Waals surface area (Å²) in [5, 5.41) is 13.9. The number of urea groups is 1. The fourth-order valence-corrected chi connectivity index (χ4v) is 1.02. The van der Waals surface area contributed by atoms with E-state index in [4.69, 9.17) is 5.11 Å². The molecule has 1 unspecified atom stereocenters. The summed E-state index contributed by atoms with van der Waals surface area (Å²) in [5.41, 5.74) is 0. The van der Waals surface area contributed by atoms with Crippen molar-refractivity contribution in [2.45, 2.75) is 26.7 Å². The molecule has 0 saturated heterocycles. The molecule has 0 aliphatic heterocycles. The Hall–Kier alpha value is -1.52. The van der Waals surface area contributed by atoms with Crippen LogP contribution < -0.4 is 10.6 Å². The summed E-state index contributed by atoms with van der Waals surface area (Å²) in [4.78, 5) is 21.6. The normalized spacial score (nSPS) is 12.4. The largest absolute Gasteiger partial charge is 0.481 e. The molecule has 2 amide bonds. The highest BCUT2D eigenvalue weighted by Gasteiger charge is 2.10. The van der Waals surface area contributed by atoms with Crippen LogP contribution in [0.2, 0.25) is 0 Å². The molecule has 0 aromatic heterocycles. The summed E-state index contributed by atoms with van der Waals surface area (Å²) >= 11 is 0. The molecule has 5 nitrogen and oxygen atoms in total. The number of aliphatic carboxylic acids is 1. The van der Waals surface area contributed by atoms with Gasteiger partial charge in [0.2, 0.25) is 0 Å². The number of rotatable bonds is 7. The summed E-state index contributed by atoms with van der Waals surface area (Å²) in [6.07, 6.45) is 5.13. The van der Waals surface area contributed by atoms with Crippen LogP contribution >= 0.6 is 0 Å². The third-order valence-corrected chi connectivity index (χ3v) is 2.12. The zero-order valence-electron chi connectivity index (χ0n) is 9.82. The topological polar surface area (TPSA) is 78.4 Å². The van der Waals surface area contributed by atoms with Crippen LogP contribution in [0.15, 0.2) is 12.2 Å². The molecule has 0 aliphatic carbocycles. The van der Waals surface area contributed by atoms with Gasteiger partial charge in [0.25, 0.3) is 0 Å². The maximum atomic E-state index is 11.2. The van der Waals surface area contributed by atoms with E-state index in [-0.39, 0.29) is 6.03 Å². The maximum Gasteiger partial charge on any atom is 0.314 e. The van der Waals surface area contributed by atoms with E-state index in [9.17, 15) is 9.59 Å². The number of amides is 2. The van der Waals surface area contributed by atoms with Gasteiger partial charge in [0.15, 0.2) is 0 Å². The van der Waals surface area contributed by atoms with Crippen molar-refractivity contribution in [1.29, 1.82) is 0 Å². The minimum Gasteiger partial charge on any atom is -0.481 e. The monoisotopic (exact) mass is 228 g/mol. The second-order valence-electron chi connectivity index (χ2n) is 3.57. The second-order valence-corrected chi connectivity index (χ2v) is 3.57. The van der Waals surface area contributed by atoms with Gasteiger partial charge in [0.1, 0.15) is 0 Å². The zero-order chi connectivity index (χ0) is 12.4. The van der Waals surface area contributed by atoms with Gasteiger partial charge in [-0.15, -0.1) is 0 Å². The van der Waals surface area contributed by atoms with Crippen molar-refractivity contribution in [2.75, 3.05) is 13.1 Å². The van der Waals surface area contributed by atoms with Crippen LogP contribution in [-0.4, -0.2) is 30.2 Å². The Morgan fingerprint density at radius 2 is 1.94 bits per heavy atom. The molecule has 0 aliphatic rings. The molecule has 0 spiro atoms. The van der Waals surface area contributed by atoms with Gasteiger partial charge in [-0.25, -0.2) is 4.79 Å². The van der Waals surface area contributed by atoms with Crippen molar-refractivity contribution < 1.29 is 14.7 Å². The van der Waals surface area contributed by atoms with Crippen molar-refractivity contribution in [3.05, 3.63) is 12.2 Å². The van der Waals surface area contributed by atoms with Gasteiger partial charge in [-0.1, -0.05) is 19.1 Å². The third-order valence-electron chi connectivity index (χ3n) is 2.12. The lowest BCUT2D eigenvalue weighted by molar-refractivity contribution is -0.141. The number of carboxylic acid groups (broad SMARTS) is 1.